The van der Waals surface area contributed by atoms with E-state index in [1.165, 1.54) is 0 Å². The smallest absolute Gasteiger partial charge is 0.319 e. The van der Waals surface area contributed by atoms with Crippen molar-refractivity contribution < 1.29 is 19.0 Å². The van der Waals surface area contributed by atoms with E-state index in [2.05, 4.69) is 17.2 Å². The van der Waals surface area contributed by atoms with Gasteiger partial charge < -0.3 is 24.8 Å². The lowest BCUT2D eigenvalue weighted by molar-refractivity contribution is 0.251. The summed E-state index contributed by atoms with van der Waals surface area (Å²) in [7, 11) is 3.15. The minimum absolute atomic E-state index is 0.310. The molecule has 0 radical (unpaired) electrons. The summed E-state index contributed by atoms with van der Waals surface area (Å²) < 4.78 is 15.9. The molecule has 0 spiro atoms. The molecule has 0 saturated carbocycles. The molecule has 6 nitrogen and oxygen atoms in total. The van der Waals surface area contributed by atoms with Crippen LogP contribution in [-0.2, 0) is 6.54 Å². The molecule has 0 fully saturated rings. The van der Waals surface area contributed by atoms with Gasteiger partial charge in [0.2, 0.25) is 0 Å². The first-order valence-corrected chi connectivity index (χ1v) is 7.75. The maximum atomic E-state index is 12.1. The second-order valence-corrected chi connectivity index (χ2v) is 5.12. The molecule has 0 bridgehead atoms. The average molecular weight is 342 g/mol. The van der Waals surface area contributed by atoms with E-state index in [0.717, 1.165) is 5.56 Å². The summed E-state index contributed by atoms with van der Waals surface area (Å²) in [5.74, 6) is 1.93. The van der Waals surface area contributed by atoms with Gasteiger partial charge in [-0.25, -0.2) is 4.79 Å². The zero-order chi connectivity index (χ0) is 18.1. The molecular formula is C19H22N2O4. The van der Waals surface area contributed by atoms with Crippen LogP contribution in [0.4, 0.5) is 10.5 Å². The van der Waals surface area contributed by atoms with Crippen molar-refractivity contribution in [2.45, 2.75) is 6.54 Å². The van der Waals surface area contributed by atoms with E-state index in [1.807, 2.05) is 24.3 Å². The van der Waals surface area contributed by atoms with Crippen LogP contribution in [0.5, 0.6) is 17.2 Å². The Morgan fingerprint density at radius 1 is 1.12 bits per heavy atom. The maximum Gasteiger partial charge on any atom is 0.319 e. The summed E-state index contributed by atoms with van der Waals surface area (Å²) >= 11 is 0. The summed E-state index contributed by atoms with van der Waals surface area (Å²) in [5.41, 5.74) is 1.54. The van der Waals surface area contributed by atoms with E-state index in [-0.39, 0.29) is 6.03 Å². The van der Waals surface area contributed by atoms with Crippen molar-refractivity contribution in [3.05, 3.63) is 60.7 Å². The molecule has 0 heterocycles. The molecule has 0 aliphatic rings. The minimum Gasteiger partial charge on any atom is -0.493 e. The summed E-state index contributed by atoms with van der Waals surface area (Å²) in [6.45, 7) is 4.37. The van der Waals surface area contributed by atoms with Crippen molar-refractivity contribution >= 4 is 11.7 Å². The van der Waals surface area contributed by atoms with Crippen molar-refractivity contribution in [2.24, 2.45) is 0 Å². The monoisotopic (exact) mass is 342 g/mol. The van der Waals surface area contributed by atoms with E-state index in [0.29, 0.717) is 36.1 Å². The predicted molar refractivity (Wildman–Crippen MR) is 97.5 cm³/mol. The molecule has 0 aromatic heterocycles. The molecule has 0 unspecified atom stereocenters. The van der Waals surface area contributed by atoms with Crippen LogP contribution in [-0.4, -0.2) is 26.9 Å². The number of amides is 2. The molecule has 0 aliphatic heterocycles. The molecule has 2 amide bonds. The fourth-order valence-corrected chi connectivity index (χ4v) is 2.17. The van der Waals surface area contributed by atoms with Gasteiger partial charge in [-0.3, -0.25) is 0 Å². The third-order valence-corrected chi connectivity index (χ3v) is 3.36. The third-order valence-electron chi connectivity index (χ3n) is 3.36. The first-order chi connectivity index (χ1) is 12.2. The molecular weight excluding hydrogens is 320 g/mol. The number of rotatable bonds is 8. The van der Waals surface area contributed by atoms with Crippen LogP contribution in [0.3, 0.4) is 0 Å². The largest absolute Gasteiger partial charge is 0.493 e. The molecule has 0 atom stereocenters. The highest BCUT2D eigenvalue weighted by atomic mass is 16.5. The zero-order valence-electron chi connectivity index (χ0n) is 14.4. The molecule has 2 N–H and O–H groups in total. The summed E-state index contributed by atoms with van der Waals surface area (Å²) in [6, 6.07) is 12.3. The molecule has 2 aromatic rings. The fraction of sp³-hybridized carbons (Fsp3) is 0.211. The Balaban J connectivity index is 1.91. The lowest BCUT2D eigenvalue weighted by Crippen LogP contribution is -2.28. The van der Waals surface area contributed by atoms with Crippen molar-refractivity contribution in [2.75, 3.05) is 26.1 Å². The Bertz CT molecular complexity index is 731. The summed E-state index contributed by atoms with van der Waals surface area (Å²) in [6.07, 6.45) is 1.66. The van der Waals surface area contributed by atoms with Crippen molar-refractivity contribution in [1.82, 2.24) is 5.32 Å². The predicted octanol–water partition coefficient (Wildman–Crippen LogP) is 3.59. The Labute approximate surface area is 147 Å². The third kappa shape index (κ3) is 5.46. The van der Waals surface area contributed by atoms with E-state index >= 15 is 0 Å². The normalized spacial score (nSPS) is 9.84. The highest BCUT2D eigenvalue weighted by Crippen LogP contribution is 2.27. The Morgan fingerprint density at radius 3 is 2.64 bits per heavy atom. The molecule has 0 aliphatic carbocycles. The Morgan fingerprint density at radius 2 is 1.92 bits per heavy atom. The van der Waals surface area contributed by atoms with Crippen molar-refractivity contribution in [3.63, 3.8) is 0 Å². The lowest BCUT2D eigenvalue weighted by atomic mass is 10.2. The number of hydrogen-bond acceptors (Lipinski definition) is 4. The van der Waals surface area contributed by atoms with E-state index in [9.17, 15) is 4.79 Å². The van der Waals surface area contributed by atoms with Crippen LogP contribution in [0.2, 0.25) is 0 Å². The Hall–Kier alpha value is -3.15. The van der Waals surface area contributed by atoms with Crippen LogP contribution in [0.1, 0.15) is 5.56 Å². The van der Waals surface area contributed by atoms with Gasteiger partial charge in [-0.2, -0.15) is 0 Å². The number of anilines is 1. The van der Waals surface area contributed by atoms with Crippen LogP contribution < -0.4 is 24.8 Å². The highest BCUT2D eigenvalue weighted by molar-refractivity contribution is 5.89. The Kier molecular flexibility index (Phi) is 6.71. The van der Waals surface area contributed by atoms with Crippen LogP contribution >= 0.6 is 0 Å². The highest BCUT2D eigenvalue weighted by Gasteiger charge is 2.07. The van der Waals surface area contributed by atoms with Crippen molar-refractivity contribution in [1.29, 1.82) is 0 Å². The second kappa shape index (κ2) is 9.22. The SMILES string of the molecule is C=CCOc1cccc(NC(=O)NCc2ccc(OC)c(OC)c2)c1. The minimum atomic E-state index is -0.310. The lowest BCUT2D eigenvalue weighted by Gasteiger charge is -2.11. The van der Waals surface area contributed by atoms with Gasteiger partial charge in [0, 0.05) is 18.3 Å². The number of benzene rings is 2. The number of nitrogens with one attached hydrogen (secondary N) is 2. The second-order valence-electron chi connectivity index (χ2n) is 5.12. The number of ether oxygens (including phenoxy) is 3. The average Bonchev–Trinajstić information content (AvgIpc) is 2.64. The first-order valence-electron chi connectivity index (χ1n) is 7.75. The van der Waals surface area contributed by atoms with Gasteiger partial charge in [-0.05, 0) is 29.8 Å². The fourth-order valence-electron chi connectivity index (χ4n) is 2.17. The van der Waals surface area contributed by atoms with Crippen LogP contribution in [0.15, 0.2) is 55.1 Å². The van der Waals surface area contributed by atoms with Gasteiger partial charge in [0.15, 0.2) is 11.5 Å². The van der Waals surface area contributed by atoms with E-state index < -0.39 is 0 Å². The molecule has 2 aromatic carbocycles. The summed E-state index contributed by atoms with van der Waals surface area (Å²) in [5, 5.41) is 5.56. The number of hydrogen-bond donors (Lipinski definition) is 2. The number of carbonyl (C=O) groups is 1. The maximum absolute atomic E-state index is 12.1. The molecule has 2 rings (SSSR count). The first kappa shape index (κ1) is 18.2. The van der Waals surface area contributed by atoms with Crippen molar-refractivity contribution in [3.8, 4) is 17.2 Å². The van der Waals surface area contributed by atoms with E-state index in [1.54, 1.807) is 38.5 Å². The van der Waals surface area contributed by atoms with Gasteiger partial charge in [-0.15, -0.1) is 0 Å². The molecule has 0 saturated heterocycles. The van der Waals surface area contributed by atoms with Gasteiger partial charge in [0.05, 0.1) is 14.2 Å². The van der Waals surface area contributed by atoms with Gasteiger partial charge in [0.1, 0.15) is 12.4 Å². The summed E-state index contributed by atoms with van der Waals surface area (Å²) in [4.78, 5) is 12.1. The van der Waals surface area contributed by atoms with Crippen LogP contribution in [0.25, 0.3) is 0 Å². The van der Waals surface area contributed by atoms with Gasteiger partial charge in [0.25, 0.3) is 0 Å². The quantitative estimate of drug-likeness (QED) is 0.719. The van der Waals surface area contributed by atoms with E-state index in [4.69, 9.17) is 14.2 Å². The van der Waals surface area contributed by atoms with Crippen LogP contribution in [0, 0.1) is 0 Å². The number of methoxy groups -OCH3 is 2. The molecule has 6 heteroatoms. The zero-order valence-corrected chi connectivity index (χ0v) is 14.4. The molecule has 25 heavy (non-hydrogen) atoms. The number of urea groups is 1. The topological polar surface area (TPSA) is 68.8 Å². The standard InChI is InChI=1S/C19H22N2O4/c1-4-10-25-16-7-5-6-15(12-16)21-19(22)20-13-14-8-9-17(23-2)18(11-14)24-3/h4-9,11-12H,1,10,13H2,2-3H3,(H2,20,21,22). The molecule has 132 valence electrons. The van der Waals surface area contributed by atoms with Gasteiger partial charge >= 0.3 is 6.03 Å². The number of carbonyl (C=O) groups excluding carboxylic acids is 1. The van der Waals surface area contributed by atoms with Gasteiger partial charge in [-0.1, -0.05) is 24.8 Å².